The molecule has 1 unspecified atom stereocenters. The average molecular weight is 305 g/mol. The van der Waals surface area contributed by atoms with Gasteiger partial charge in [0.15, 0.2) is 0 Å². The minimum Gasteiger partial charge on any atom is -0.487 e. The highest BCUT2D eigenvalue weighted by atomic mass is 19.1. The molecule has 22 heavy (non-hydrogen) atoms. The number of ether oxygens (including phenoxy) is 1. The van der Waals surface area contributed by atoms with Crippen LogP contribution in [0.2, 0.25) is 0 Å². The molecular formula is C16H13F2NO3. The van der Waals surface area contributed by atoms with Gasteiger partial charge in [-0.2, -0.15) is 0 Å². The fraction of sp³-hybridized carbons (Fsp3) is 0.188. The van der Waals surface area contributed by atoms with Crippen molar-refractivity contribution in [3.63, 3.8) is 0 Å². The van der Waals surface area contributed by atoms with Crippen LogP contribution in [0.1, 0.15) is 5.56 Å². The summed E-state index contributed by atoms with van der Waals surface area (Å²) >= 11 is 0. The molecule has 0 radical (unpaired) electrons. The maximum atomic E-state index is 14.0. The van der Waals surface area contributed by atoms with E-state index in [-0.39, 0.29) is 18.2 Å². The molecule has 1 atom stereocenters. The summed E-state index contributed by atoms with van der Waals surface area (Å²) in [4.78, 5) is 10.5. The van der Waals surface area contributed by atoms with Gasteiger partial charge in [-0.25, -0.2) is 13.6 Å². The molecule has 6 heteroatoms. The Labute approximate surface area is 125 Å². The van der Waals surface area contributed by atoms with E-state index in [0.29, 0.717) is 17.7 Å². The summed E-state index contributed by atoms with van der Waals surface area (Å²) < 4.78 is 32.8. The van der Waals surface area contributed by atoms with E-state index in [1.165, 1.54) is 12.1 Å². The van der Waals surface area contributed by atoms with Crippen LogP contribution >= 0.6 is 0 Å². The number of carbonyl (C=O) groups is 1. The smallest absolute Gasteiger partial charge is 0.404 e. The van der Waals surface area contributed by atoms with E-state index in [9.17, 15) is 13.6 Å². The van der Waals surface area contributed by atoms with Crippen LogP contribution in [0.25, 0.3) is 11.1 Å². The number of fused-ring (bicyclic) bond motifs is 1. The molecule has 0 saturated carbocycles. The molecule has 0 bridgehead atoms. The lowest BCUT2D eigenvalue weighted by atomic mass is 10.00. The second-order valence-corrected chi connectivity index (χ2v) is 5.05. The molecule has 1 aliphatic heterocycles. The van der Waals surface area contributed by atoms with Crippen LogP contribution in [0.15, 0.2) is 36.4 Å². The zero-order chi connectivity index (χ0) is 15.7. The van der Waals surface area contributed by atoms with Crippen LogP contribution in [0.4, 0.5) is 13.6 Å². The van der Waals surface area contributed by atoms with Gasteiger partial charge in [0.25, 0.3) is 0 Å². The van der Waals surface area contributed by atoms with Crippen LogP contribution in [-0.2, 0) is 6.42 Å². The van der Waals surface area contributed by atoms with Crippen LogP contribution in [0.5, 0.6) is 5.75 Å². The van der Waals surface area contributed by atoms with E-state index < -0.39 is 17.7 Å². The Balaban J connectivity index is 1.91. The summed E-state index contributed by atoms with van der Waals surface area (Å²) in [5.74, 6) is -0.785. The molecule has 0 aliphatic carbocycles. The van der Waals surface area contributed by atoms with Gasteiger partial charge in [-0.3, -0.25) is 0 Å². The number of carboxylic acid groups (broad SMARTS) is 1. The zero-order valence-corrected chi connectivity index (χ0v) is 11.5. The largest absolute Gasteiger partial charge is 0.487 e. The second-order valence-electron chi connectivity index (χ2n) is 5.05. The van der Waals surface area contributed by atoms with Crippen molar-refractivity contribution in [2.45, 2.75) is 12.5 Å². The lowest BCUT2D eigenvalue weighted by Crippen LogP contribution is -2.33. The highest BCUT2D eigenvalue weighted by Crippen LogP contribution is 2.39. The summed E-state index contributed by atoms with van der Waals surface area (Å²) in [7, 11) is 0. The van der Waals surface area contributed by atoms with Crippen LogP contribution in [0.3, 0.4) is 0 Å². The Bertz CT molecular complexity index is 733. The summed E-state index contributed by atoms with van der Waals surface area (Å²) in [5, 5.41) is 10.9. The third-order valence-electron chi connectivity index (χ3n) is 3.53. The molecule has 1 aliphatic rings. The van der Waals surface area contributed by atoms with Gasteiger partial charge in [0.2, 0.25) is 0 Å². The van der Waals surface area contributed by atoms with E-state index >= 15 is 0 Å². The Morgan fingerprint density at radius 2 is 2.09 bits per heavy atom. The minimum atomic E-state index is -1.12. The molecule has 2 aromatic carbocycles. The Morgan fingerprint density at radius 3 is 2.82 bits per heavy atom. The SMILES string of the molecule is O=C(O)NCC1Cc2cccc(-c3ccc(F)cc3F)c2O1. The lowest BCUT2D eigenvalue weighted by molar-refractivity contribution is 0.181. The van der Waals surface area contributed by atoms with E-state index in [0.717, 1.165) is 11.6 Å². The fourth-order valence-corrected chi connectivity index (χ4v) is 2.57. The number of benzene rings is 2. The molecule has 2 aromatic rings. The molecule has 1 heterocycles. The topological polar surface area (TPSA) is 58.6 Å². The van der Waals surface area contributed by atoms with Crippen LogP contribution in [0, 0.1) is 11.6 Å². The summed E-state index contributed by atoms with van der Waals surface area (Å²) in [6.07, 6.45) is -0.924. The van der Waals surface area contributed by atoms with Gasteiger partial charge in [-0.1, -0.05) is 18.2 Å². The molecule has 3 rings (SSSR count). The predicted molar refractivity (Wildman–Crippen MR) is 75.9 cm³/mol. The summed E-state index contributed by atoms with van der Waals surface area (Å²) in [6.45, 7) is 0.148. The quantitative estimate of drug-likeness (QED) is 0.915. The first-order chi connectivity index (χ1) is 10.5. The first kappa shape index (κ1) is 14.3. The number of rotatable bonds is 3. The maximum absolute atomic E-state index is 14.0. The molecule has 1 amide bonds. The van der Waals surface area contributed by atoms with Crippen molar-refractivity contribution in [1.82, 2.24) is 5.32 Å². The van der Waals surface area contributed by atoms with Gasteiger partial charge in [-0.05, 0) is 17.7 Å². The minimum absolute atomic E-state index is 0.148. The van der Waals surface area contributed by atoms with Gasteiger partial charge in [0.05, 0.1) is 6.54 Å². The highest BCUT2D eigenvalue weighted by Gasteiger charge is 2.26. The summed E-state index contributed by atoms with van der Waals surface area (Å²) in [6, 6.07) is 8.70. The number of halogens is 2. The fourth-order valence-electron chi connectivity index (χ4n) is 2.57. The van der Waals surface area contributed by atoms with Crippen molar-refractivity contribution < 1.29 is 23.4 Å². The highest BCUT2D eigenvalue weighted by molar-refractivity contribution is 5.73. The molecule has 0 saturated heterocycles. The molecule has 0 aromatic heterocycles. The van der Waals surface area contributed by atoms with Crippen molar-refractivity contribution in [2.75, 3.05) is 6.54 Å². The first-order valence-corrected chi connectivity index (χ1v) is 6.75. The standard InChI is InChI=1S/C16H13F2NO3/c17-10-4-5-12(14(18)7-10)13-3-1-2-9-6-11(22-15(9)13)8-19-16(20)21/h1-5,7,11,19H,6,8H2,(H,20,21). The number of nitrogens with one attached hydrogen (secondary N) is 1. The van der Waals surface area contributed by atoms with E-state index in [4.69, 9.17) is 9.84 Å². The van der Waals surface area contributed by atoms with Crippen molar-refractivity contribution >= 4 is 6.09 Å². The average Bonchev–Trinajstić information content (AvgIpc) is 2.88. The first-order valence-electron chi connectivity index (χ1n) is 6.75. The van der Waals surface area contributed by atoms with Gasteiger partial charge >= 0.3 is 6.09 Å². The van der Waals surface area contributed by atoms with E-state index in [2.05, 4.69) is 5.32 Å². The van der Waals surface area contributed by atoms with Crippen LogP contribution in [-0.4, -0.2) is 23.8 Å². The van der Waals surface area contributed by atoms with Crippen LogP contribution < -0.4 is 10.1 Å². The van der Waals surface area contributed by atoms with Crippen molar-refractivity contribution in [1.29, 1.82) is 0 Å². The molecular weight excluding hydrogens is 292 g/mol. The zero-order valence-electron chi connectivity index (χ0n) is 11.5. The molecule has 114 valence electrons. The van der Waals surface area contributed by atoms with Crippen molar-refractivity contribution in [2.24, 2.45) is 0 Å². The maximum Gasteiger partial charge on any atom is 0.404 e. The molecule has 4 nitrogen and oxygen atoms in total. The van der Waals surface area contributed by atoms with E-state index in [1.54, 1.807) is 12.1 Å². The Kier molecular flexibility index (Phi) is 3.66. The monoisotopic (exact) mass is 305 g/mol. The third kappa shape index (κ3) is 2.72. The normalized spacial score (nSPS) is 16.0. The van der Waals surface area contributed by atoms with E-state index in [1.807, 2.05) is 6.07 Å². The Hall–Kier alpha value is -2.63. The molecule has 0 fully saturated rings. The van der Waals surface area contributed by atoms with Crippen molar-refractivity contribution in [3.05, 3.63) is 53.6 Å². The Morgan fingerprint density at radius 1 is 1.27 bits per heavy atom. The number of hydrogen-bond acceptors (Lipinski definition) is 2. The molecule has 2 N–H and O–H groups in total. The van der Waals surface area contributed by atoms with Crippen molar-refractivity contribution in [3.8, 4) is 16.9 Å². The second kappa shape index (κ2) is 5.63. The van der Waals surface area contributed by atoms with Gasteiger partial charge in [0, 0.05) is 23.6 Å². The summed E-state index contributed by atoms with van der Waals surface area (Å²) in [5.41, 5.74) is 1.66. The number of amides is 1. The van der Waals surface area contributed by atoms with Gasteiger partial charge < -0.3 is 15.2 Å². The van der Waals surface area contributed by atoms with Gasteiger partial charge in [-0.15, -0.1) is 0 Å². The predicted octanol–water partition coefficient (Wildman–Crippen LogP) is 3.20. The van der Waals surface area contributed by atoms with Gasteiger partial charge in [0.1, 0.15) is 23.5 Å². The lowest BCUT2D eigenvalue weighted by Gasteiger charge is -2.13. The third-order valence-corrected chi connectivity index (χ3v) is 3.53. The number of hydrogen-bond donors (Lipinski definition) is 2. The number of para-hydroxylation sites is 1. The molecule has 0 spiro atoms.